The lowest BCUT2D eigenvalue weighted by molar-refractivity contribution is 0.453. The van der Waals surface area contributed by atoms with Gasteiger partial charge < -0.3 is 11.1 Å². The molecule has 0 amide bonds. The predicted octanol–water partition coefficient (Wildman–Crippen LogP) is 3.41. The number of nitrogens with one attached hydrogen (secondary N) is 1. The van der Waals surface area contributed by atoms with Gasteiger partial charge in [-0.15, -0.1) is 0 Å². The van der Waals surface area contributed by atoms with E-state index in [4.69, 9.17) is 17.3 Å². The van der Waals surface area contributed by atoms with Crippen LogP contribution in [0.5, 0.6) is 0 Å². The summed E-state index contributed by atoms with van der Waals surface area (Å²) in [5.74, 6) is 0. The minimum Gasteiger partial charge on any atom is -0.329 e. The predicted molar refractivity (Wildman–Crippen MR) is 76.2 cm³/mol. The van der Waals surface area contributed by atoms with Crippen LogP contribution in [-0.4, -0.2) is 12.6 Å². The van der Waals surface area contributed by atoms with E-state index in [9.17, 15) is 0 Å². The van der Waals surface area contributed by atoms with Gasteiger partial charge in [0, 0.05) is 23.1 Å². The number of hydrogen-bond donors (Lipinski definition) is 2. The van der Waals surface area contributed by atoms with Crippen LogP contribution in [0.3, 0.4) is 0 Å². The third-order valence-corrected chi connectivity index (χ3v) is 4.24. The highest BCUT2D eigenvalue weighted by atomic mass is 79.9. The molecule has 2 nitrogen and oxygen atoms in total. The summed E-state index contributed by atoms with van der Waals surface area (Å²) in [6, 6.07) is 6.67. The molecule has 92 valence electrons. The van der Waals surface area contributed by atoms with Crippen molar-refractivity contribution < 1.29 is 0 Å². The molecule has 0 heterocycles. The molecule has 3 N–H and O–H groups in total. The van der Waals surface area contributed by atoms with Crippen molar-refractivity contribution in [2.24, 2.45) is 5.73 Å². The summed E-state index contributed by atoms with van der Waals surface area (Å²) in [4.78, 5) is 0. The van der Waals surface area contributed by atoms with Crippen LogP contribution in [0.2, 0.25) is 5.02 Å². The Morgan fingerprint density at radius 1 is 1.41 bits per heavy atom. The first-order chi connectivity index (χ1) is 8.20. The first-order valence-electron chi connectivity index (χ1n) is 5.76. The highest BCUT2D eigenvalue weighted by molar-refractivity contribution is 9.10. The lowest BCUT2D eigenvalue weighted by atomic mass is 10.1. The zero-order chi connectivity index (χ0) is 12.3. The molecule has 2 rings (SSSR count). The topological polar surface area (TPSA) is 38.0 Å². The number of halogens is 2. The SMILES string of the molecule is NCC(NC1CC=CC1)c1ccc(Cl)c(Br)c1. The number of rotatable bonds is 4. The van der Waals surface area contributed by atoms with E-state index in [0.717, 1.165) is 22.3 Å². The first-order valence-corrected chi connectivity index (χ1v) is 6.94. The van der Waals surface area contributed by atoms with Crippen LogP contribution in [0.25, 0.3) is 0 Å². The molecule has 1 aliphatic carbocycles. The molecular formula is C13H16BrClN2. The average molecular weight is 316 g/mol. The summed E-state index contributed by atoms with van der Waals surface area (Å²) in [5.41, 5.74) is 7.02. The van der Waals surface area contributed by atoms with Crippen LogP contribution < -0.4 is 11.1 Å². The Kier molecular flexibility index (Phi) is 4.62. The van der Waals surface area contributed by atoms with Gasteiger partial charge in [0.25, 0.3) is 0 Å². The van der Waals surface area contributed by atoms with Crippen LogP contribution in [0.1, 0.15) is 24.4 Å². The monoisotopic (exact) mass is 314 g/mol. The molecule has 1 aromatic rings. The van der Waals surface area contributed by atoms with Crippen molar-refractivity contribution in [3.63, 3.8) is 0 Å². The summed E-state index contributed by atoms with van der Waals surface area (Å²) in [6.45, 7) is 0.588. The maximum absolute atomic E-state index is 5.99. The summed E-state index contributed by atoms with van der Waals surface area (Å²) < 4.78 is 0.918. The standard InChI is InChI=1S/C13H16BrClN2/c14-11-7-9(5-6-12(11)15)13(8-16)17-10-3-1-2-4-10/h1-2,5-7,10,13,17H,3-4,8,16H2. The molecule has 1 aliphatic rings. The zero-order valence-corrected chi connectivity index (χ0v) is 11.8. The van der Waals surface area contributed by atoms with Gasteiger partial charge in [-0.1, -0.05) is 29.8 Å². The second kappa shape index (κ2) is 6.01. The van der Waals surface area contributed by atoms with Crippen molar-refractivity contribution in [3.8, 4) is 0 Å². The van der Waals surface area contributed by atoms with E-state index in [1.54, 1.807) is 0 Å². The molecule has 0 bridgehead atoms. The van der Waals surface area contributed by atoms with E-state index < -0.39 is 0 Å². The number of nitrogens with two attached hydrogens (primary N) is 1. The maximum atomic E-state index is 5.99. The molecule has 4 heteroatoms. The third kappa shape index (κ3) is 3.32. The number of hydrogen-bond acceptors (Lipinski definition) is 2. The quantitative estimate of drug-likeness (QED) is 0.836. The third-order valence-electron chi connectivity index (χ3n) is 3.03. The normalized spacial score (nSPS) is 17.6. The van der Waals surface area contributed by atoms with E-state index in [1.807, 2.05) is 18.2 Å². The average Bonchev–Trinajstić information content (AvgIpc) is 2.82. The largest absolute Gasteiger partial charge is 0.329 e. The van der Waals surface area contributed by atoms with Crippen molar-refractivity contribution >= 4 is 27.5 Å². The van der Waals surface area contributed by atoms with Gasteiger partial charge in [0.1, 0.15) is 0 Å². The van der Waals surface area contributed by atoms with Gasteiger partial charge in [-0.3, -0.25) is 0 Å². The van der Waals surface area contributed by atoms with Gasteiger partial charge in [-0.05, 0) is 46.5 Å². The van der Waals surface area contributed by atoms with Crippen molar-refractivity contribution in [2.75, 3.05) is 6.54 Å². The Balaban J connectivity index is 2.08. The fraction of sp³-hybridized carbons (Fsp3) is 0.385. The fourth-order valence-electron chi connectivity index (χ4n) is 2.07. The second-order valence-electron chi connectivity index (χ2n) is 4.27. The van der Waals surface area contributed by atoms with Crippen molar-refractivity contribution in [1.82, 2.24) is 5.32 Å². The van der Waals surface area contributed by atoms with Crippen LogP contribution in [-0.2, 0) is 0 Å². The van der Waals surface area contributed by atoms with Gasteiger partial charge in [0.2, 0.25) is 0 Å². The van der Waals surface area contributed by atoms with Gasteiger partial charge in [-0.2, -0.15) is 0 Å². The Labute approximate surface area is 115 Å². The van der Waals surface area contributed by atoms with Crippen LogP contribution >= 0.6 is 27.5 Å². The fourth-order valence-corrected chi connectivity index (χ4v) is 2.58. The second-order valence-corrected chi connectivity index (χ2v) is 5.53. The Morgan fingerprint density at radius 3 is 2.71 bits per heavy atom. The molecule has 0 saturated heterocycles. The molecule has 1 aromatic carbocycles. The minimum atomic E-state index is 0.188. The molecule has 1 unspecified atom stereocenters. The molecule has 1 atom stereocenters. The highest BCUT2D eigenvalue weighted by Crippen LogP contribution is 2.26. The van der Waals surface area contributed by atoms with Gasteiger partial charge >= 0.3 is 0 Å². The zero-order valence-electron chi connectivity index (χ0n) is 9.50. The maximum Gasteiger partial charge on any atom is 0.0548 e. The van der Waals surface area contributed by atoms with E-state index in [0.29, 0.717) is 12.6 Å². The van der Waals surface area contributed by atoms with Gasteiger partial charge in [0.05, 0.1) is 5.02 Å². The Morgan fingerprint density at radius 2 is 2.12 bits per heavy atom. The Hall–Kier alpha value is -0.350. The first kappa shape index (κ1) is 13.1. The van der Waals surface area contributed by atoms with Crippen LogP contribution in [0, 0.1) is 0 Å². The minimum absolute atomic E-state index is 0.188. The number of benzene rings is 1. The van der Waals surface area contributed by atoms with E-state index in [1.165, 1.54) is 5.56 Å². The van der Waals surface area contributed by atoms with Crippen molar-refractivity contribution in [2.45, 2.75) is 24.9 Å². The van der Waals surface area contributed by atoms with Gasteiger partial charge in [-0.25, -0.2) is 0 Å². The molecule has 0 saturated carbocycles. The summed E-state index contributed by atoms with van der Waals surface area (Å²) >= 11 is 9.43. The summed E-state index contributed by atoms with van der Waals surface area (Å²) in [6.07, 6.45) is 6.60. The van der Waals surface area contributed by atoms with E-state index in [2.05, 4.69) is 33.4 Å². The molecule has 0 fully saturated rings. The molecule has 17 heavy (non-hydrogen) atoms. The molecule has 0 radical (unpaired) electrons. The molecule has 0 spiro atoms. The molecule has 0 aliphatic heterocycles. The van der Waals surface area contributed by atoms with Gasteiger partial charge in [0.15, 0.2) is 0 Å². The van der Waals surface area contributed by atoms with E-state index in [-0.39, 0.29) is 6.04 Å². The Bertz CT molecular complexity index is 412. The summed E-state index contributed by atoms with van der Waals surface area (Å²) in [5, 5.41) is 4.31. The smallest absolute Gasteiger partial charge is 0.0548 e. The van der Waals surface area contributed by atoms with Crippen LogP contribution in [0.15, 0.2) is 34.8 Å². The molecular weight excluding hydrogens is 300 g/mol. The highest BCUT2D eigenvalue weighted by Gasteiger charge is 2.17. The van der Waals surface area contributed by atoms with Crippen molar-refractivity contribution in [3.05, 3.63) is 45.4 Å². The lowest BCUT2D eigenvalue weighted by Gasteiger charge is -2.22. The summed E-state index contributed by atoms with van der Waals surface area (Å²) in [7, 11) is 0. The molecule has 0 aromatic heterocycles. The van der Waals surface area contributed by atoms with Crippen molar-refractivity contribution in [1.29, 1.82) is 0 Å². The van der Waals surface area contributed by atoms with E-state index >= 15 is 0 Å². The van der Waals surface area contributed by atoms with Crippen LogP contribution in [0.4, 0.5) is 0 Å². The lowest BCUT2D eigenvalue weighted by Crippen LogP contribution is -2.35.